The molecule has 0 spiro atoms. The van der Waals surface area contributed by atoms with Gasteiger partial charge >= 0.3 is 21.1 Å². The second kappa shape index (κ2) is 13.0. The monoisotopic (exact) mass is 916 g/mol. The summed E-state index contributed by atoms with van der Waals surface area (Å²) >= 11 is 0. The van der Waals surface area contributed by atoms with Gasteiger partial charge in [-0.15, -0.1) is 23.8 Å². The SMILES string of the molecule is CC(C)(C)c1ccnc(N2c3[c-]c(Oc4[c-]c(C5=N[C@]6(C)C(C)(C)c7ccccc7[C@]6(C)O5)cc(-c5ccccc5)c4)ccc3C(C)(C)c3ccccc32)c1.[Pt+2]. The predicted octanol–water partition coefficient (Wildman–Crippen LogP) is 12.3. The summed E-state index contributed by atoms with van der Waals surface area (Å²) in [6.45, 7) is 20.2. The smallest absolute Gasteiger partial charge is 0.508 e. The van der Waals surface area contributed by atoms with Crippen LogP contribution < -0.4 is 9.64 Å². The van der Waals surface area contributed by atoms with E-state index in [-0.39, 0.29) is 37.3 Å². The molecule has 0 amide bonds. The van der Waals surface area contributed by atoms with Crippen LogP contribution in [0, 0.1) is 12.1 Å². The van der Waals surface area contributed by atoms with Gasteiger partial charge in [-0.1, -0.05) is 150 Å². The summed E-state index contributed by atoms with van der Waals surface area (Å²) < 4.78 is 13.8. The largest absolute Gasteiger partial charge is 2.00 e. The summed E-state index contributed by atoms with van der Waals surface area (Å²) in [6.07, 6.45) is 1.91. The summed E-state index contributed by atoms with van der Waals surface area (Å²) in [7, 11) is 0. The third kappa shape index (κ3) is 5.60. The average molecular weight is 917 g/mol. The maximum absolute atomic E-state index is 6.99. The second-order valence-electron chi connectivity index (χ2n) is 17.6. The van der Waals surface area contributed by atoms with Crippen LogP contribution >= 0.6 is 0 Å². The molecule has 6 heteroatoms. The molecule has 0 saturated carbocycles. The number of benzene rings is 5. The normalized spacial score (nSPS) is 21.1. The van der Waals surface area contributed by atoms with Crippen molar-refractivity contribution in [2.75, 3.05) is 4.90 Å². The quantitative estimate of drug-likeness (QED) is 0.162. The molecule has 3 heterocycles. The Labute approximate surface area is 346 Å². The van der Waals surface area contributed by atoms with Gasteiger partial charge in [0.2, 0.25) is 0 Å². The number of anilines is 3. The number of aromatic nitrogens is 1. The number of aliphatic imine (C=N–C) groups is 1. The summed E-state index contributed by atoms with van der Waals surface area (Å²) in [5.41, 5.74) is 9.09. The molecule has 6 aromatic rings. The van der Waals surface area contributed by atoms with E-state index in [9.17, 15) is 0 Å². The van der Waals surface area contributed by atoms with Gasteiger partial charge in [0.05, 0.1) is 0 Å². The molecule has 0 fully saturated rings. The van der Waals surface area contributed by atoms with Gasteiger partial charge in [0.15, 0.2) is 0 Å². The predicted molar refractivity (Wildman–Crippen MR) is 222 cm³/mol. The summed E-state index contributed by atoms with van der Waals surface area (Å²) in [4.78, 5) is 12.6. The maximum Gasteiger partial charge on any atom is 2.00 e. The fourth-order valence-electron chi connectivity index (χ4n) is 9.04. The van der Waals surface area contributed by atoms with Crippen LogP contribution in [0.25, 0.3) is 11.1 Å². The summed E-state index contributed by atoms with van der Waals surface area (Å²) in [5.74, 6) is 2.55. The number of hydrogen-bond donors (Lipinski definition) is 0. The van der Waals surface area contributed by atoms with E-state index in [4.69, 9.17) is 19.5 Å². The van der Waals surface area contributed by atoms with E-state index in [2.05, 4.69) is 176 Å². The van der Waals surface area contributed by atoms with E-state index in [1.807, 2.05) is 24.4 Å². The van der Waals surface area contributed by atoms with E-state index in [1.165, 1.54) is 22.3 Å². The van der Waals surface area contributed by atoms with Crippen LogP contribution in [0.3, 0.4) is 0 Å². The summed E-state index contributed by atoms with van der Waals surface area (Å²) in [6, 6.07) is 47.5. The van der Waals surface area contributed by atoms with Gasteiger partial charge in [0, 0.05) is 34.4 Å². The van der Waals surface area contributed by atoms with Gasteiger partial charge in [-0.05, 0) is 65.1 Å². The van der Waals surface area contributed by atoms with Crippen molar-refractivity contribution in [2.24, 2.45) is 4.99 Å². The van der Waals surface area contributed by atoms with E-state index in [0.29, 0.717) is 17.4 Å². The first kappa shape index (κ1) is 37.9. The van der Waals surface area contributed by atoms with Crippen molar-refractivity contribution in [1.82, 2.24) is 4.98 Å². The number of rotatable bonds is 5. The molecule has 5 aromatic carbocycles. The van der Waals surface area contributed by atoms with Crippen LogP contribution in [0.2, 0.25) is 0 Å². The van der Waals surface area contributed by atoms with Crippen molar-refractivity contribution < 1.29 is 30.5 Å². The Morgan fingerprint density at radius 3 is 2.07 bits per heavy atom. The molecule has 5 nitrogen and oxygen atoms in total. The molecule has 2 aliphatic heterocycles. The third-order valence-electron chi connectivity index (χ3n) is 12.7. The zero-order chi connectivity index (χ0) is 38.5. The van der Waals surface area contributed by atoms with Gasteiger partial charge in [-0.2, -0.15) is 6.07 Å². The number of hydrogen-bond acceptors (Lipinski definition) is 5. The minimum atomic E-state index is -0.642. The van der Waals surface area contributed by atoms with Crippen molar-refractivity contribution >= 4 is 23.1 Å². The molecule has 2 atom stereocenters. The van der Waals surface area contributed by atoms with Crippen LogP contribution in [0.15, 0.2) is 126 Å². The van der Waals surface area contributed by atoms with E-state index in [1.54, 1.807) is 0 Å². The van der Waals surface area contributed by atoms with E-state index < -0.39 is 11.1 Å². The number of nitrogens with zero attached hydrogens (tertiary/aromatic N) is 3. The molecular formula is C50H47N3O2Pt. The number of pyridine rings is 1. The first-order valence-corrected chi connectivity index (χ1v) is 19.2. The molecule has 3 aliphatic rings. The molecule has 0 unspecified atom stereocenters. The van der Waals surface area contributed by atoms with Crippen LogP contribution in [0.5, 0.6) is 11.5 Å². The standard InChI is InChI=1S/C50H47N3O2.Pt/c1-46(2,3)35-25-26-51-44(30-35)53-42-22-16-15-21-40(42)47(4,5)41-24-23-36(31-43(41)53)54-37-28-33(32-17-11-10-12-18-32)27-34(29-37)45-52-50(9)48(6,7)38-19-13-14-20-39(38)49(50,8)55-45;/h10-28,30H,1-9H3;/q-2;+2/t49-,50+;/m0./s1. The third-order valence-corrected chi connectivity index (χ3v) is 12.7. The van der Waals surface area contributed by atoms with Gasteiger partial charge < -0.3 is 14.4 Å². The van der Waals surface area contributed by atoms with Gasteiger partial charge in [0.25, 0.3) is 0 Å². The van der Waals surface area contributed by atoms with Gasteiger partial charge in [0.1, 0.15) is 22.9 Å². The first-order chi connectivity index (χ1) is 26.1. The minimum Gasteiger partial charge on any atom is -0.508 e. The fraction of sp³-hybridized carbons (Fsp3) is 0.280. The molecule has 284 valence electrons. The Kier molecular flexibility index (Phi) is 8.82. The Hall–Kier alpha value is -4.99. The Morgan fingerprint density at radius 1 is 0.661 bits per heavy atom. The van der Waals surface area contributed by atoms with Crippen molar-refractivity contribution in [3.05, 3.63) is 167 Å². The molecule has 0 N–H and O–H groups in total. The molecular weight excluding hydrogens is 870 g/mol. The van der Waals surface area contributed by atoms with Crippen LogP contribution in [-0.2, 0) is 47.6 Å². The number of fused-ring (bicyclic) bond motifs is 5. The van der Waals surface area contributed by atoms with E-state index in [0.717, 1.165) is 39.4 Å². The Bertz CT molecular complexity index is 2530. The number of para-hydroxylation sites is 1. The fourth-order valence-corrected chi connectivity index (χ4v) is 9.04. The molecule has 1 aliphatic carbocycles. The second-order valence-corrected chi connectivity index (χ2v) is 17.6. The summed E-state index contributed by atoms with van der Waals surface area (Å²) in [5, 5.41) is 0. The van der Waals surface area contributed by atoms with Crippen molar-refractivity contribution in [2.45, 2.75) is 89.7 Å². The van der Waals surface area contributed by atoms with E-state index >= 15 is 0 Å². The topological polar surface area (TPSA) is 47.0 Å². The van der Waals surface area contributed by atoms with Crippen molar-refractivity contribution in [3.63, 3.8) is 0 Å². The average Bonchev–Trinajstić information content (AvgIpc) is 3.53. The maximum atomic E-state index is 6.99. The molecule has 56 heavy (non-hydrogen) atoms. The van der Waals surface area contributed by atoms with Crippen LogP contribution in [-0.4, -0.2) is 16.4 Å². The Balaban J connectivity index is 0.00000441. The zero-order valence-electron chi connectivity index (χ0n) is 33.5. The van der Waals surface area contributed by atoms with Crippen LogP contribution in [0.1, 0.15) is 95.7 Å². The first-order valence-electron chi connectivity index (χ1n) is 19.2. The van der Waals surface area contributed by atoms with Crippen LogP contribution in [0.4, 0.5) is 17.2 Å². The minimum absolute atomic E-state index is 0. The molecule has 0 saturated heterocycles. The number of ether oxygens (including phenoxy) is 2. The zero-order valence-corrected chi connectivity index (χ0v) is 35.8. The molecule has 0 radical (unpaired) electrons. The molecule has 1 aromatic heterocycles. The molecule has 0 bridgehead atoms. The van der Waals surface area contributed by atoms with Gasteiger partial charge in [-0.25, -0.2) is 4.98 Å². The Morgan fingerprint density at radius 2 is 1.34 bits per heavy atom. The molecule has 9 rings (SSSR count). The van der Waals surface area contributed by atoms with Crippen molar-refractivity contribution in [1.29, 1.82) is 0 Å². The van der Waals surface area contributed by atoms with Gasteiger partial charge in [-0.3, -0.25) is 4.99 Å². The van der Waals surface area contributed by atoms with Crippen molar-refractivity contribution in [3.8, 4) is 22.6 Å².